The van der Waals surface area contributed by atoms with Crippen molar-refractivity contribution in [2.75, 3.05) is 12.3 Å². The molecule has 0 radical (unpaired) electrons. The maximum absolute atomic E-state index is 12.2. The predicted molar refractivity (Wildman–Crippen MR) is 97.7 cm³/mol. The van der Waals surface area contributed by atoms with Crippen LogP contribution in [0.5, 0.6) is 0 Å². The number of nitrogens with zero attached hydrogens (tertiary/aromatic N) is 3. The van der Waals surface area contributed by atoms with E-state index in [1.165, 1.54) is 4.90 Å². The number of fused-ring (bicyclic) bond motifs is 1. The van der Waals surface area contributed by atoms with Gasteiger partial charge < -0.3 is 0 Å². The van der Waals surface area contributed by atoms with Crippen molar-refractivity contribution in [3.05, 3.63) is 53.9 Å². The number of aromatic nitrogens is 2. The van der Waals surface area contributed by atoms with Crippen LogP contribution in [0.2, 0.25) is 0 Å². The number of hydrogen-bond acceptors (Lipinski definition) is 5. The fourth-order valence-corrected chi connectivity index (χ4v) is 3.67. The molecule has 0 aliphatic carbocycles. The van der Waals surface area contributed by atoms with Gasteiger partial charge in [-0.1, -0.05) is 43.2 Å². The first kappa shape index (κ1) is 17.6. The van der Waals surface area contributed by atoms with Crippen LogP contribution < -0.4 is 0 Å². The van der Waals surface area contributed by atoms with Gasteiger partial charge in [-0.25, -0.2) is 9.97 Å². The molecule has 0 bridgehead atoms. The molecular formula is C19H21N3O2S. The van der Waals surface area contributed by atoms with E-state index in [9.17, 15) is 9.59 Å². The van der Waals surface area contributed by atoms with Crippen molar-refractivity contribution >= 4 is 23.6 Å². The molecule has 2 aromatic rings. The summed E-state index contributed by atoms with van der Waals surface area (Å²) in [6, 6.07) is 8.86. The molecule has 25 heavy (non-hydrogen) atoms. The molecule has 0 spiro atoms. The van der Waals surface area contributed by atoms with Crippen LogP contribution in [-0.4, -0.2) is 39.0 Å². The first-order valence-corrected chi connectivity index (χ1v) is 9.61. The summed E-state index contributed by atoms with van der Waals surface area (Å²) in [7, 11) is 0. The van der Waals surface area contributed by atoms with Gasteiger partial charge in [0.1, 0.15) is 0 Å². The minimum Gasteiger partial charge on any atom is -0.274 e. The van der Waals surface area contributed by atoms with E-state index in [1.807, 2.05) is 6.07 Å². The van der Waals surface area contributed by atoms with Gasteiger partial charge in [0.15, 0.2) is 5.16 Å². The van der Waals surface area contributed by atoms with Gasteiger partial charge in [-0.2, -0.15) is 0 Å². The van der Waals surface area contributed by atoms with E-state index in [0.29, 0.717) is 17.7 Å². The third kappa shape index (κ3) is 4.45. The lowest BCUT2D eigenvalue weighted by Crippen LogP contribution is -2.30. The number of unbranched alkanes of at least 4 members (excludes halogenated alkanes) is 4. The molecule has 0 atom stereocenters. The maximum atomic E-state index is 12.2. The highest BCUT2D eigenvalue weighted by Gasteiger charge is 2.34. The van der Waals surface area contributed by atoms with Crippen molar-refractivity contribution in [1.29, 1.82) is 0 Å². The number of carbonyl (C=O) groups excluding carboxylic acids is 2. The van der Waals surface area contributed by atoms with Crippen molar-refractivity contribution in [3.63, 3.8) is 0 Å². The predicted octanol–water partition coefficient (Wildman–Crippen LogP) is 3.82. The van der Waals surface area contributed by atoms with Crippen molar-refractivity contribution in [3.8, 4) is 0 Å². The lowest BCUT2D eigenvalue weighted by molar-refractivity contribution is 0.0651. The molecule has 5 nitrogen and oxygen atoms in total. The van der Waals surface area contributed by atoms with Gasteiger partial charge in [0.05, 0.1) is 11.1 Å². The molecule has 1 aliphatic heterocycles. The molecule has 1 aromatic carbocycles. The first-order chi connectivity index (χ1) is 12.3. The number of thioether (sulfide) groups is 1. The summed E-state index contributed by atoms with van der Waals surface area (Å²) in [6.07, 6.45) is 8.78. The third-order valence-electron chi connectivity index (χ3n) is 4.18. The van der Waals surface area contributed by atoms with Crippen LogP contribution in [0, 0.1) is 0 Å². The van der Waals surface area contributed by atoms with E-state index in [4.69, 9.17) is 0 Å². The Bertz CT molecular complexity index is 701. The normalized spacial score (nSPS) is 13.4. The highest BCUT2D eigenvalue weighted by Crippen LogP contribution is 2.23. The van der Waals surface area contributed by atoms with E-state index in [2.05, 4.69) is 9.97 Å². The van der Waals surface area contributed by atoms with E-state index < -0.39 is 0 Å². The highest BCUT2D eigenvalue weighted by atomic mass is 32.2. The Hall–Kier alpha value is -2.21. The molecule has 6 heteroatoms. The zero-order valence-electron chi connectivity index (χ0n) is 14.1. The molecule has 1 aromatic heterocycles. The lowest BCUT2D eigenvalue weighted by atomic mass is 10.1. The molecule has 130 valence electrons. The van der Waals surface area contributed by atoms with Crippen LogP contribution in [0.1, 0.15) is 52.8 Å². The Morgan fingerprint density at radius 1 is 0.800 bits per heavy atom. The van der Waals surface area contributed by atoms with Crippen LogP contribution >= 0.6 is 11.8 Å². The van der Waals surface area contributed by atoms with E-state index in [-0.39, 0.29) is 11.8 Å². The fourth-order valence-electron chi connectivity index (χ4n) is 2.87. The van der Waals surface area contributed by atoms with Crippen LogP contribution in [0.25, 0.3) is 0 Å². The third-order valence-corrected chi connectivity index (χ3v) is 5.14. The molecule has 3 rings (SSSR count). The summed E-state index contributed by atoms with van der Waals surface area (Å²) in [5.74, 6) is 0.710. The monoisotopic (exact) mass is 355 g/mol. The minimum absolute atomic E-state index is 0.153. The molecule has 0 N–H and O–H groups in total. The van der Waals surface area contributed by atoms with Gasteiger partial charge in [-0.05, 0) is 31.0 Å². The average molecular weight is 355 g/mol. The number of rotatable bonds is 9. The standard InChI is InChI=1S/C19H21N3O2S/c23-17-15-9-4-5-10-16(15)18(24)22(17)13-6-2-1-3-7-14-25-19-20-11-8-12-21-19/h4-5,8-12H,1-3,6-7,13-14H2. The highest BCUT2D eigenvalue weighted by molar-refractivity contribution is 7.99. The van der Waals surface area contributed by atoms with E-state index in [1.54, 1.807) is 48.4 Å². The number of benzene rings is 1. The Morgan fingerprint density at radius 2 is 1.40 bits per heavy atom. The van der Waals surface area contributed by atoms with Crippen molar-refractivity contribution in [1.82, 2.24) is 14.9 Å². The lowest BCUT2D eigenvalue weighted by Gasteiger charge is -2.13. The van der Waals surface area contributed by atoms with Crippen molar-refractivity contribution in [2.24, 2.45) is 0 Å². The van der Waals surface area contributed by atoms with Crippen LogP contribution in [0.4, 0.5) is 0 Å². The Balaban J connectivity index is 1.29. The fraction of sp³-hybridized carbons (Fsp3) is 0.368. The maximum Gasteiger partial charge on any atom is 0.261 e. The summed E-state index contributed by atoms with van der Waals surface area (Å²) in [5, 5.41) is 0.827. The zero-order valence-corrected chi connectivity index (χ0v) is 14.9. The van der Waals surface area contributed by atoms with Crippen molar-refractivity contribution < 1.29 is 9.59 Å². The van der Waals surface area contributed by atoms with E-state index >= 15 is 0 Å². The Morgan fingerprint density at radius 3 is 2.08 bits per heavy atom. The summed E-state index contributed by atoms with van der Waals surface area (Å²) in [6.45, 7) is 0.513. The van der Waals surface area contributed by atoms with Crippen LogP contribution in [0.3, 0.4) is 0 Å². The molecule has 2 heterocycles. The van der Waals surface area contributed by atoms with Gasteiger partial charge in [0.25, 0.3) is 11.8 Å². The molecule has 0 fully saturated rings. The number of imide groups is 1. The van der Waals surface area contributed by atoms with Gasteiger partial charge in [0, 0.05) is 24.7 Å². The second kappa shape index (κ2) is 8.76. The number of amides is 2. The quantitative estimate of drug-likeness (QED) is 0.296. The molecule has 2 amide bonds. The van der Waals surface area contributed by atoms with Gasteiger partial charge in [0.2, 0.25) is 0 Å². The number of carbonyl (C=O) groups is 2. The Labute approximate surface area is 151 Å². The summed E-state index contributed by atoms with van der Waals surface area (Å²) >= 11 is 1.68. The molecular weight excluding hydrogens is 334 g/mol. The molecule has 0 saturated heterocycles. The van der Waals surface area contributed by atoms with E-state index in [0.717, 1.165) is 43.0 Å². The van der Waals surface area contributed by atoms with Gasteiger partial charge in [-0.3, -0.25) is 14.5 Å². The van der Waals surface area contributed by atoms with Crippen LogP contribution in [0.15, 0.2) is 47.9 Å². The molecule has 0 saturated carbocycles. The smallest absolute Gasteiger partial charge is 0.261 e. The largest absolute Gasteiger partial charge is 0.274 e. The topological polar surface area (TPSA) is 63.2 Å². The second-order valence-electron chi connectivity index (χ2n) is 5.96. The van der Waals surface area contributed by atoms with Gasteiger partial charge in [-0.15, -0.1) is 0 Å². The second-order valence-corrected chi connectivity index (χ2v) is 7.02. The zero-order chi connectivity index (χ0) is 17.5. The van der Waals surface area contributed by atoms with Crippen LogP contribution in [-0.2, 0) is 0 Å². The summed E-state index contributed by atoms with van der Waals surface area (Å²) in [5.41, 5.74) is 1.07. The van der Waals surface area contributed by atoms with Crippen molar-refractivity contribution in [2.45, 2.75) is 37.3 Å². The first-order valence-electron chi connectivity index (χ1n) is 8.62. The minimum atomic E-state index is -0.153. The summed E-state index contributed by atoms with van der Waals surface area (Å²) < 4.78 is 0. The van der Waals surface area contributed by atoms with Gasteiger partial charge >= 0.3 is 0 Å². The SMILES string of the molecule is O=C1c2ccccc2C(=O)N1CCCCCCCSc1ncccn1. The number of hydrogen-bond donors (Lipinski definition) is 0. The summed E-state index contributed by atoms with van der Waals surface area (Å²) in [4.78, 5) is 34.2. The Kier molecular flexibility index (Phi) is 6.17. The molecule has 0 unspecified atom stereocenters. The molecule has 1 aliphatic rings. The average Bonchev–Trinajstić information content (AvgIpc) is 2.90.